The largest absolute Gasteiger partial charge is 0.319 e. The number of aromatic nitrogens is 6. The Hall–Kier alpha value is -3.03. The van der Waals surface area contributed by atoms with Crippen molar-refractivity contribution in [2.75, 3.05) is 5.32 Å². The van der Waals surface area contributed by atoms with E-state index in [4.69, 9.17) is 0 Å². The van der Waals surface area contributed by atoms with Crippen LogP contribution in [0, 0.1) is 0 Å². The van der Waals surface area contributed by atoms with E-state index in [0.717, 1.165) is 5.69 Å². The van der Waals surface area contributed by atoms with Gasteiger partial charge in [0.15, 0.2) is 0 Å². The molecule has 3 aromatic rings. The van der Waals surface area contributed by atoms with Gasteiger partial charge in [0.1, 0.15) is 18.5 Å². The molecule has 0 fully saturated rings. The minimum atomic E-state index is -0.348. The predicted octanol–water partition coefficient (Wildman–Crippen LogP) is 1.20. The van der Waals surface area contributed by atoms with Crippen molar-refractivity contribution in [1.82, 2.24) is 29.9 Å². The summed E-state index contributed by atoms with van der Waals surface area (Å²) in [7, 11) is 0. The third-order valence-corrected chi connectivity index (χ3v) is 2.88. The van der Waals surface area contributed by atoms with E-state index in [2.05, 4.69) is 30.6 Å². The van der Waals surface area contributed by atoms with Gasteiger partial charge in [-0.15, -0.1) is 5.10 Å². The number of aromatic amines is 1. The fourth-order valence-electron chi connectivity index (χ4n) is 1.78. The number of aryl methyl sites for hydroxylation is 1. The van der Waals surface area contributed by atoms with Crippen LogP contribution in [0.4, 0.5) is 5.69 Å². The third kappa shape index (κ3) is 2.78. The monoisotopic (exact) mass is 283 g/mol. The number of nitrogens with zero attached hydrogens (tertiary/aromatic N) is 5. The van der Waals surface area contributed by atoms with Gasteiger partial charge in [-0.25, -0.2) is 14.6 Å². The smallest absolute Gasteiger partial charge is 0.295 e. The van der Waals surface area contributed by atoms with Gasteiger partial charge >= 0.3 is 0 Å². The maximum atomic E-state index is 12.0. The summed E-state index contributed by atoms with van der Waals surface area (Å²) in [6, 6.07) is 7.23. The molecule has 1 aromatic carbocycles. The first-order valence-corrected chi connectivity index (χ1v) is 6.44. The SMILES string of the molecule is CCc1nc(C(=O)Nc2ccc(-n3cncn3)cc2)n[nH]1. The van der Waals surface area contributed by atoms with Crippen LogP contribution in [0.25, 0.3) is 5.69 Å². The second-order valence-corrected chi connectivity index (χ2v) is 4.30. The topological polar surface area (TPSA) is 101 Å². The van der Waals surface area contributed by atoms with Crippen LogP contribution in [-0.2, 0) is 6.42 Å². The molecule has 0 aliphatic carbocycles. The number of amides is 1. The maximum Gasteiger partial charge on any atom is 0.295 e. The van der Waals surface area contributed by atoms with Crippen molar-refractivity contribution in [1.29, 1.82) is 0 Å². The lowest BCUT2D eigenvalue weighted by Crippen LogP contribution is -2.13. The summed E-state index contributed by atoms with van der Waals surface area (Å²) in [6.45, 7) is 1.94. The van der Waals surface area contributed by atoms with Crippen molar-refractivity contribution in [3.63, 3.8) is 0 Å². The number of anilines is 1. The van der Waals surface area contributed by atoms with Crippen molar-refractivity contribution in [2.45, 2.75) is 13.3 Å². The molecule has 0 saturated heterocycles. The summed E-state index contributed by atoms with van der Waals surface area (Å²) in [5.41, 5.74) is 1.52. The molecule has 2 aromatic heterocycles. The van der Waals surface area contributed by atoms with Crippen LogP contribution < -0.4 is 5.32 Å². The highest BCUT2D eigenvalue weighted by Gasteiger charge is 2.12. The van der Waals surface area contributed by atoms with E-state index >= 15 is 0 Å². The Kier molecular flexibility index (Phi) is 3.42. The number of hydrogen-bond acceptors (Lipinski definition) is 5. The van der Waals surface area contributed by atoms with Gasteiger partial charge in [0.25, 0.3) is 5.91 Å². The summed E-state index contributed by atoms with van der Waals surface area (Å²) in [4.78, 5) is 19.9. The molecular weight excluding hydrogens is 270 g/mol. The molecule has 1 amide bonds. The van der Waals surface area contributed by atoms with E-state index < -0.39 is 0 Å². The van der Waals surface area contributed by atoms with E-state index in [1.54, 1.807) is 23.1 Å². The second kappa shape index (κ2) is 5.53. The molecule has 0 saturated carbocycles. The molecule has 106 valence electrons. The Balaban J connectivity index is 1.71. The number of benzene rings is 1. The lowest BCUT2D eigenvalue weighted by atomic mass is 10.3. The van der Waals surface area contributed by atoms with Crippen LogP contribution in [0.1, 0.15) is 23.4 Å². The zero-order valence-electron chi connectivity index (χ0n) is 11.3. The van der Waals surface area contributed by atoms with Crippen LogP contribution in [-0.4, -0.2) is 35.9 Å². The quantitative estimate of drug-likeness (QED) is 0.749. The van der Waals surface area contributed by atoms with Crippen molar-refractivity contribution in [3.8, 4) is 5.69 Å². The molecule has 0 radical (unpaired) electrons. The molecular formula is C13H13N7O. The van der Waals surface area contributed by atoms with Gasteiger partial charge in [-0.05, 0) is 24.3 Å². The Morgan fingerprint density at radius 1 is 1.33 bits per heavy atom. The highest BCUT2D eigenvalue weighted by molar-refractivity contribution is 6.01. The molecule has 0 aliphatic heterocycles. The van der Waals surface area contributed by atoms with Gasteiger partial charge in [-0.2, -0.15) is 5.10 Å². The molecule has 2 heterocycles. The highest BCUT2D eigenvalue weighted by Crippen LogP contribution is 2.12. The van der Waals surface area contributed by atoms with Crippen molar-refractivity contribution in [2.24, 2.45) is 0 Å². The summed E-state index contributed by atoms with van der Waals surface area (Å²) < 4.78 is 1.63. The standard InChI is InChI=1S/C13H13N7O/c1-2-11-17-12(19-18-11)13(21)16-9-3-5-10(6-4-9)20-8-14-7-15-20/h3-8H,2H2,1H3,(H,16,21)(H,17,18,19). The lowest BCUT2D eigenvalue weighted by molar-refractivity contribution is 0.101. The van der Waals surface area contributed by atoms with Crippen LogP contribution in [0.5, 0.6) is 0 Å². The Morgan fingerprint density at radius 2 is 2.14 bits per heavy atom. The van der Waals surface area contributed by atoms with E-state index in [1.807, 2.05) is 19.1 Å². The summed E-state index contributed by atoms with van der Waals surface area (Å²) in [5, 5.41) is 13.3. The summed E-state index contributed by atoms with van der Waals surface area (Å²) in [5.74, 6) is 0.466. The fourth-order valence-corrected chi connectivity index (χ4v) is 1.78. The Morgan fingerprint density at radius 3 is 2.76 bits per heavy atom. The molecule has 0 spiro atoms. The molecule has 8 heteroatoms. The van der Waals surface area contributed by atoms with Gasteiger partial charge < -0.3 is 5.32 Å². The molecule has 21 heavy (non-hydrogen) atoms. The van der Waals surface area contributed by atoms with Gasteiger partial charge in [0.2, 0.25) is 5.82 Å². The van der Waals surface area contributed by atoms with Crippen molar-refractivity contribution >= 4 is 11.6 Å². The minimum Gasteiger partial charge on any atom is -0.319 e. The number of carbonyl (C=O) groups excluding carboxylic acids is 1. The highest BCUT2D eigenvalue weighted by atomic mass is 16.2. The Labute approximate surface area is 120 Å². The summed E-state index contributed by atoms with van der Waals surface area (Å²) >= 11 is 0. The fraction of sp³-hybridized carbons (Fsp3) is 0.154. The average molecular weight is 283 g/mol. The normalized spacial score (nSPS) is 10.5. The van der Waals surface area contributed by atoms with Crippen LogP contribution >= 0.6 is 0 Å². The van der Waals surface area contributed by atoms with Crippen molar-refractivity contribution < 1.29 is 4.79 Å². The first kappa shape index (κ1) is 13.0. The first-order chi connectivity index (χ1) is 10.3. The Bertz CT molecular complexity index is 730. The van der Waals surface area contributed by atoms with E-state index in [0.29, 0.717) is 17.9 Å². The molecule has 0 atom stereocenters. The van der Waals surface area contributed by atoms with E-state index in [-0.39, 0.29) is 11.7 Å². The van der Waals surface area contributed by atoms with Gasteiger partial charge in [-0.1, -0.05) is 6.92 Å². The molecule has 2 N–H and O–H groups in total. The van der Waals surface area contributed by atoms with Crippen LogP contribution in [0.3, 0.4) is 0 Å². The third-order valence-electron chi connectivity index (χ3n) is 2.88. The predicted molar refractivity (Wildman–Crippen MR) is 75.1 cm³/mol. The van der Waals surface area contributed by atoms with Gasteiger partial charge in [0.05, 0.1) is 5.69 Å². The number of nitrogens with one attached hydrogen (secondary N) is 2. The minimum absolute atomic E-state index is 0.132. The molecule has 0 bridgehead atoms. The number of hydrogen-bond donors (Lipinski definition) is 2. The maximum absolute atomic E-state index is 12.0. The first-order valence-electron chi connectivity index (χ1n) is 6.44. The van der Waals surface area contributed by atoms with Crippen LogP contribution in [0.2, 0.25) is 0 Å². The lowest BCUT2D eigenvalue weighted by Gasteiger charge is -2.04. The van der Waals surface area contributed by atoms with E-state index in [9.17, 15) is 4.79 Å². The average Bonchev–Trinajstić information content (AvgIpc) is 3.19. The molecule has 8 nitrogen and oxygen atoms in total. The second-order valence-electron chi connectivity index (χ2n) is 4.30. The van der Waals surface area contributed by atoms with Gasteiger partial charge in [0, 0.05) is 12.1 Å². The zero-order valence-corrected chi connectivity index (χ0v) is 11.3. The number of carbonyl (C=O) groups is 1. The number of rotatable bonds is 4. The zero-order chi connectivity index (χ0) is 14.7. The molecule has 3 rings (SSSR count). The van der Waals surface area contributed by atoms with Crippen LogP contribution in [0.15, 0.2) is 36.9 Å². The molecule has 0 aliphatic rings. The number of H-pyrrole nitrogens is 1. The van der Waals surface area contributed by atoms with E-state index in [1.165, 1.54) is 6.33 Å². The van der Waals surface area contributed by atoms with Gasteiger partial charge in [-0.3, -0.25) is 9.89 Å². The molecule has 0 unspecified atom stereocenters. The van der Waals surface area contributed by atoms with Crippen molar-refractivity contribution in [3.05, 3.63) is 48.6 Å². The summed E-state index contributed by atoms with van der Waals surface area (Å²) in [6.07, 6.45) is 3.77.